The summed E-state index contributed by atoms with van der Waals surface area (Å²) in [5.41, 5.74) is 5.45. The van der Waals surface area contributed by atoms with Crippen LogP contribution in [0.15, 0.2) is 41.6 Å². The first-order chi connectivity index (χ1) is 9.81. The van der Waals surface area contributed by atoms with Crippen LogP contribution in [0.5, 0.6) is 0 Å². The van der Waals surface area contributed by atoms with Gasteiger partial charge in [-0.25, -0.2) is 21.9 Å². The molecule has 5 nitrogen and oxygen atoms in total. The Morgan fingerprint density at radius 3 is 2.62 bits per heavy atom. The zero-order valence-corrected chi connectivity index (χ0v) is 11.9. The van der Waals surface area contributed by atoms with Crippen molar-refractivity contribution in [3.05, 3.63) is 53.9 Å². The van der Waals surface area contributed by atoms with Gasteiger partial charge in [-0.2, -0.15) is 0 Å². The van der Waals surface area contributed by atoms with Gasteiger partial charge in [0.25, 0.3) is 0 Å². The highest BCUT2D eigenvalue weighted by Gasteiger charge is 2.23. The lowest BCUT2D eigenvalue weighted by Gasteiger charge is -2.15. The average Bonchev–Trinajstić information content (AvgIpc) is 2.43. The van der Waals surface area contributed by atoms with Crippen LogP contribution in [0.2, 0.25) is 0 Å². The first kappa shape index (κ1) is 15.3. The van der Waals surface area contributed by atoms with Crippen LogP contribution >= 0.6 is 0 Å². The van der Waals surface area contributed by atoms with E-state index in [4.69, 9.17) is 5.73 Å². The van der Waals surface area contributed by atoms with E-state index in [-0.39, 0.29) is 0 Å². The molecule has 112 valence electrons. The van der Waals surface area contributed by atoms with Gasteiger partial charge in [-0.1, -0.05) is 6.07 Å². The number of nitrogens with one attached hydrogen (secondary N) is 1. The van der Waals surface area contributed by atoms with Gasteiger partial charge >= 0.3 is 0 Å². The molecule has 8 heteroatoms. The predicted molar refractivity (Wildman–Crippen MR) is 73.7 cm³/mol. The second kappa shape index (κ2) is 5.74. The lowest BCUT2D eigenvalue weighted by atomic mass is 10.2. The molecule has 0 bridgehead atoms. The second-order valence-electron chi connectivity index (χ2n) is 4.43. The van der Waals surface area contributed by atoms with Crippen molar-refractivity contribution in [1.82, 2.24) is 9.71 Å². The maximum Gasteiger partial charge on any atom is 0.244 e. The van der Waals surface area contributed by atoms with E-state index in [0.29, 0.717) is 11.6 Å². The van der Waals surface area contributed by atoms with E-state index in [0.717, 1.165) is 6.07 Å². The van der Waals surface area contributed by atoms with E-state index in [9.17, 15) is 17.2 Å². The van der Waals surface area contributed by atoms with E-state index >= 15 is 0 Å². The summed E-state index contributed by atoms with van der Waals surface area (Å²) in [6.45, 7) is 1.58. The van der Waals surface area contributed by atoms with Crippen LogP contribution in [-0.4, -0.2) is 13.4 Å². The molecule has 0 aliphatic carbocycles. The van der Waals surface area contributed by atoms with Crippen molar-refractivity contribution >= 4 is 15.7 Å². The van der Waals surface area contributed by atoms with Crippen LogP contribution in [0.1, 0.15) is 18.5 Å². The third-order valence-electron chi connectivity index (χ3n) is 2.86. The zero-order valence-electron chi connectivity index (χ0n) is 11.0. The summed E-state index contributed by atoms with van der Waals surface area (Å²) in [5, 5.41) is 0. The summed E-state index contributed by atoms with van der Waals surface area (Å²) in [6.07, 6.45) is 3.04. The fourth-order valence-electron chi connectivity index (χ4n) is 1.75. The van der Waals surface area contributed by atoms with Gasteiger partial charge in [0.1, 0.15) is 16.5 Å². The maximum atomic E-state index is 13.7. The first-order valence-electron chi connectivity index (χ1n) is 5.98. The van der Waals surface area contributed by atoms with Gasteiger partial charge < -0.3 is 5.73 Å². The number of aromatic nitrogens is 1. The van der Waals surface area contributed by atoms with Crippen molar-refractivity contribution in [1.29, 1.82) is 0 Å². The SMILES string of the molecule is CC(NS(=O)(=O)c1cc(N)c(F)cc1F)c1cccnc1. The number of rotatable bonds is 4. The van der Waals surface area contributed by atoms with Crippen LogP contribution in [0.25, 0.3) is 0 Å². The molecular weight excluding hydrogens is 300 g/mol. The van der Waals surface area contributed by atoms with Crippen molar-refractivity contribution in [2.75, 3.05) is 5.73 Å². The highest BCUT2D eigenvalue weighted by Crippen LogP contribution is 2.22. The van der Waals surface area contributed by atoms with Crippen LogP contribution < -0.4 is 10.5 Å². The number of hydrogen-bond donors (Lipinski definition) is 2. The average molecular weight is 313 g/mol. The number of nitrogens with zero attached hydrogens (tertiary/aromatic N) is 1. The van der Waals surface area contributed by atoms with Crippen LogP contribution in [0.4, 0.5) is 14.5 Å². The molecule has 0 radical (unpaired) electrons. The molecular formula is C13H13F2N3O2S. The Labute approximate surface area is 120 Å². The summed E-state index contributed by atoms with van der Waals surface area (Å²) in [4.78, 5) is 3.18. The highest BCUT2D eigenvalue weighted by molar-refractivity contribution is 7.89. The minimum Gasteiger partial charge on any atom is -0.396 e. The molecule has 0 aliphatic rings. The fraction of sp³-hybridized carbons (Fsp3) is 0.154. The molecule has 0 fully saturated rings. The summed E-state index contributed by atoms with van der Waals surface area (Å²) < 4.78 is 53.3. The second-order valence-corrected chi connectivity index (χ2v) is 6.12. The smallest absolute Gasteiger partial charge is 0.244 e. The number of nitrogens with two attached hydrogens (primary N) is 1. The number of hydrogen-bond acceptors (Lipinski definition) is 4. The normalized spacial score (nSPS) is 13.1. The lowest BCUT2D eigenvalue weighted by molar-refractivity contribution is 0.537. The third-order valence-corrected chi connectivity index (χ3v) is 4.41. The van der Waals surface area contributed by atoms with E-state index in [2.05, 4.69) is 9.71 Å². The molecule has 0 amide bonds. The molecule has 1 heterocycles. The van der Waals surface area contributed by atoms with E-state index in [1.165, 1.54) is 6.20 Å². The number of benzene rings is 1. The van der Waals surface area contributed by atoms with Crippen LogP contribution in [0.3, 0.4) is 0 Å². The van der Waals surface area contributed by atoms with E-state index in [1.807, 2.05) is 0 Å². The molecule has 0 aliphatic heterocycles. The molecule has 0 spiro atoms. The number of sulfonamides is 1. The number of halogens is 2. The number of nitrogen functional groups attached to an aromatic ring is 1. The monoisotopic (exact) mass is 313 g/mol. The Balaban J connectivity index is 2.33. The van der Waals surface area contributed by atoms with Crippen molar-refractivity contribution < 1.29 is 17.2 Å². The van der Waals surface area contributed by atoms with Gasteiger partial charge in [-0.05, 0) is 24.6 Å². The van der Waals surface area contributed by atoms with Gasteiger partial charge in [-0.15, -0.1) is 0 Å². The molecule has 0 saturated carbocycles. The maximum absolute atomic E-state index is 13.7. The molecule has 2 aromatic rings. The van der Waals surface area contributed by atoms with Gasteiger partial charge in [-0.3, -0.25) is 4.98 Å². The van der Waals surface area contributed by atoms with Crippen molar-refractivity contribution in [2.45, 2.75) is 17.9 Å². The molecule has 3 N–H and O–H groups in total. The molecule has 0 saturated heterocycles. The summed E-state index contributed by atoms with van der Waals surface area (Å²) in [7, 11) is -4.18. The summed E-state index contributed by atoms with van der Waals surface area (Å²) >= 11 is 0. The fourth-order valence-corrected chi connectivity index (χ4v) is 3.07. The Bertz CT molecular complexity index is 752. The Hall–Kier alpha value is -2.06. The van der Waals surface area contributed by atoms with Crippen molar-refractivity contribution in [2.24, 2.45) is 0 Å². The molecule has 21 heavy (non-hydrogen) atoms. The summed E-state index contributed by atoms with van der Waals surface area (Å²) in [5.74, 6) is -2.21. The minimum atomic E-state index is -4.18. The van der Waals surface area contributed by atoms with Crippen LogP contribution in [-0.2, 0) is 10.0 Å². The first-order valence-corrected chi connectivity index (χ1v) is 7.46. The zero-order chi connectivity index (χ0) is 15.6. The molecule has 1 unspecified atom stereocenters. The van der Waals surface area contributed by atoms with Gasteiger partial charge in [0.05, 0.1) is 5.69 Å². The predicted octanol–water partition coefficient (Wildman–Crippen LogP) is 1.98. The standard InChI is InChI=1S/C13H13F2N3O2S/c1-8(9-3-2-4-17-7-9)18-21(19,20)13-6-12(16)10(14)5-11(13)15/h2-8,18H,16H2,1H3. The number of pyridine rings is 1. The van der Waals surface area contributed by atoms with Crippen molar-refractivity contribution in [3.63, 3.8) is 0 Å². The molecule has 1 aromatic heterocycles. The van der Waals surface area contributed by atoms with Gasteiger partial charge in [0, 0.05) is 24.5 Å². The van der Waals surface area contributed by atoms with Crippen LogP contribution in [0, 0.1) is 11.6 Å². The van der Waals surface area contributed by atoms with E-state index < -0.39 is 38.3 Å². The Morgan fingerprint density at radius 1 is 1.29 bits per heavy atom. The topological polar surface area (TPSA) is 85.1 Å². The molecule has 2 rings (SSSR count). The molecule has 1 aromatic carbocycles. The minimum absolute atomic E-state index is 0.439. The summed E-state index contributed by atoms with van der Waals surface area (Å²) in [6, 6.07) is 3.89. The van der Waals surface area contributed by atoms with Crippen molar-refractivity contribution in [3.8, 4) is 0 Å². The quantitative estimate of drug-likeness (QED) is 0.845. The Morgan fingerprint density at radius 2 is 2.00 bits per heavy atom. The van der Waals surface area contributed by atoms with Gasteiger partial charge in [0.2, 0.25) is 10.0 Å². The molecule has 1 atom stereocenters. The third kappa shape index (κ3) is 3.34. The van der Waals surface area contributed by atoms with E-state index in [1.54, 1.807) is 25.3 Å². The Kier molecular flexibility index (Phi) is 4.19. The number of anilines is 1. The van der Waals surface area contributed by atoms with Gasteiger partial charge in [0.15, 0.2) is 0 Å². The lowest BCUT2D eigenvalue weighted by Crippen LogP contribution is -2.28. The highest BCUT2D eigenvalue weighted by atomic mass is 32.2. The largest absolute Gasteiger partial charge is 0.396 e.